The molecule has 3 aromatic carbocycles. The maximum absolute atomic E-state index is 14.8. The second-order valence-electron chi connectivity index (χ2n) is 10.2. The first-order chi connectivity index (χ1) is 18.7. The standard InChI is InChI=1S/C33H32F6/c1-2-3-4-5-6-22-9-13-25(14-10-22)26-15-11-23(12-16-26)7-8-24-19-30(35)32(31(36)20-24)27-17-18-28(29(34)21-27)33(37,38)39/h4-5,7-10,13-14,17-21,23,26H,2-3,6,11-12,15-16H2,1H3/b5-4+,8-7+. The molecule has 1 aliphatic rings. The Bertz CT molecular complexity index is 1290. The van der Waals surface area contributed by atoms with Gasteiger partial charge in [-0.25, -0.2) is 13.2 Å². The fraction of sp³-hybridized carbons (Fsp3) is 0.333. The van der Waals surface area contributed by atoms with Crippen LogP contribution < -0.4 is 0 Å². The maximum atomic E-state index is 14.8. The van der Waals surface area contributed by atoms with Gasteiger partial charge in [0.1, 0.15) is 17.5 Å². The molecular weight excluding hydrogens is 510 g/mol. The molecule has 1 aliphatic carbocycles. The smallest absolute Gasteiger partial charge is 0.206 e. The quantitative estimate of drug-likeness (QED) is 0.196. The van der Waals surface area contributed by atoms with Gasteiger partial charge in [0.25, 0.3) is 0 Å². The molecule has 0 atom stereocenters. The molecule has 3 aromatic rings. The lowest BCUT2D eigenvalue weighted by Crippen LogP contribution is -2.11. The SMILES string of the molecule is CCC/C=C/Cc1ccc(C2CCC(/C=C/c3cc(F)c(-c4ccc(C(F)(F)F)c(F)c4)c(F)c3)CC2)cc1. The van der Waals surface area contributed by atoms with Gasteiger partial charge >= 0.3 is 6.18 Å². The number of unbranched alkanes of at least 4 members (excludes halogenated alkanes) is 1. The molecule has 206 valence electrons. The lowest BCUT2D eigenvalue weighted by Gasteiger charge is -2.27. The summed E-state index contributed by atoms with van der Waals surface area (Å²) in [4.78, 5) is 0. The Morgan fingerprint density at radius 2 is 1.46 bits per heavy atom. The maximum Gasteiger partial charge on any atom is 0.419 e. The topological polar surface area (TPSA) is 0 Å². The number of halogens is 6. The molecule has 0 nitrogen and oxygen atoms in total. The van der Waals surface area contributed by atoms with Crippen molar-refractivity contribution in [3.05, 3.63) is 113 Å². The molecule has 6 heteroatoms. The first-order valence-corrected chi connectivity index (χ1v) is 13.4. The van der Waals surface area contributed by atoms with Crippen molar-refractivity contribution in [2.75, 3.05) is 0 Å². The van der Waals surface area contributed by atoms with Crippen LogP contribution in [0.25, 0.3) is 17.2 Å². The van der Waals surface area contributed by atoms with E-state index in [1.165, 1.54) is 11.1 Å². The first kappa shape index (κ1) is 28.7. The van der Waals surface area contributed by atoms with Crippen molar-refractivity contribution in [3.8, 4) is 11.1 Å². The Morgan fingerprint density at radius 3 is 2.05 bits per heavy atom. The third-order valence-corrected chi connectivity index (χ3v) is 7.39. The zero-order valence-electron chi connectivity index (χ0n) is 21.9. The first-order valence-electron chi connectivity index (χ1n) is 13.4. The summed E-state index contributed by atoms with van der Waals surface area (Å²) in [7, 11) is 0. The van der Waals surface area contributed by atoms with Gasteiger partial charge in [-0.15, -0.1) is 0 Å². The van der Waals surface area contributed by atoms with Crippen LogP contribution in [0.3, 0.4) is 0 Å². The summed E-state index contributed by atoms with van der Waals surface area (Å²) in [6, 6.07) is 13.0. The van der Waals surface area contributed by atoms with E-state index in [4.69, 9.17) is 0 Å². The molecule has 0 radical (unpaired) electrons. The molecule has 0 amide bonds. The Kier molecular flexibility index (Phi) is 9.36. The van der Waals surface area contributed by atoms with Crippen molar-refractivity contribution in [1.29, 1.82) is 0 Å². The fourth-order valence-corrected chi connectivity index (χ4v) is 5.19. The number of hydrogen-bond donors (Lipinski definition) is 0. The zero-order chi connectivity index (χ0) is 28.0. The summed E-state index contributed by atoms with van der Waals surface area (Å²) in [5.74, 6) is -2.70. The lowest BCUT2D eigenvalue weighted by atomic mass is 9.78. The molecule has 0 saturated heterocycles. The Hall–Kier alpha value is -3.28. The second-order valence-corrected chi connectivity index (χ2v) is 10.2. The third kappa shape index (κ3) is 7.43. The highest BCUT2D eigenvalue weighted by Crippen LogP contribution is 2.38. The second kappa shape index (κ2) is 12.7. The Labute approximate surface area is 226 Å². The molecule has 0 N–H and O–H groups in total. The number of hydrogen-bond acceptors (Lipinski definition) is 0. The van der Waals surface area contributed by atoms with Crippen LogP contribution in [-0.2, 0) is 12.6 Å². The van der Waals surface area contributed by atoms with Crippen LogP contribution in [0, 0.1) is 23.4 Å². The molecule has 0 unspecified atom stereocenters. The molecule has 0 bridgehead atoms. The van der Waals surface area contributed by atoms with Crippen molar-refractivity contribution < 1.29 is 26.3 Å². The fourth-order valence-electron chi connectivity index (χ4n) is 5.19. The van der Waals surface area contributed by atoms with Crippen LogP contribution in [0.5, 0.6) is 0 Å². The van der Waals surface area contributed by atoms with Crippen molar-refractivity contribution in [3.63, 3.8) is 0 Å². The van der Waals surface area contributed by atoms with E-state index >= 15 is 0 Å². The number of allylic oxidation sites excluding steroid dienone is 3. The monoisotopic (exact) mass is 542 g/mol. The van der Waals surface area contributed by atoms with E-state index < -0.39 is 34.8 Å². The normalized spacial score (nSPS) is 18.3. The van der Waals surface area contributed by atoms with Gasteiger partial charge in [0, 0.05) is 0 Å². The summed E-state index contributed by atoms with van der Waals surface area (Å²) < 4.78 is 81.9. The molecule has 0 heterocycles. The van der Waals surface area contributed by atoms with Crippen molar-refractivity contribution in [1.82, 2.24) is 0 Å². The van der Waals surface area contributed by atoms with Crippen molar-refractivity contribution in [2.45, 2.75) is 64.0 Å². The van der Waals surface area contributed by atoms with Crippen LogP contribution in [0.2, 0.25) is 0 Å². The van der Waals surface area contributed by atoms with Gasteiger partial charge < -0.3 is 0 Å². The highest BCUT2D eigenvalue weighted by molar-refractivity contribution is 5.68. The number of alkyl halides is 3. The lowest BCUT2D eigenvalue weighted by molar-refractivity contribution is -0.139. The minimum atomic E-state index is -4.89. The summed E-state index contributed by atoms with van der Waals surface area (Å²) in [6.45, 7) is 2.17. The highest BCUT2D eigenvalue weighted by Gasteiger charge is 2.34. The minimum absolute atomic E-state index is 0.287. The van der Waals surface area contributed by atoms with Gasteiger partial charge in [0.15, 0.2) is 0 Å². The number of rotatable bonds is 8. The largest absolute Gasteiger partial charge is 0.419 e. The van der Waals surface area contributed by atoms with E-state index in [1.54, 1.807) is 6.08 Å². The van der Waals surface area contributed by atoms with Gasteiger partial charge in [-0.05, 0) is 96.9 Å². The number of benzene rings is 3. The van der Waals surface area contributed by atoms with E-state index in [9.17, 15) is 26.3 Å². The van der Waals surface area contributed by atoms with E-state index in [-0.39, 0.29) is 5.56 Å². The zero-order valence-corrected chi connectivity index (χ0v) is 21.9. The average Bonchev–Trinajstić information content (AvgIpc) is 2.90. The van der Waals surface area contributed by atoms with Crippen LogP contribution in [-0.4, -0.2) is 0 Å². The minimum Gasteiger partial charge on any atom is -0.206 e. The average molecular weight is 543 g/mol. The van der Waals surface area contributed by atoms with Gasteiger partial charge in [-0.3, -0.25) is 0 Å². The van der Waals surface area contributed by atoms with E-state index in [0.29, 0.717) is 29.5 Å². The Morgan fingerprint density at radius 1 is 0.795 bits per heavy atom. The van der Waals surface area contributed by atoms with Crippen LogP contribution in [0.15, 0.2) is 72.8 Å². The Balaban J connectivity index is 1.36. The van der Waals surface area contributed by atoms with Gasteiger partial charge in [0.05, 0.1) is 11.1 Å². The van der Waals surface area contributed by atoms with Crippen molar-refractivity contribution in [2.24, 2.45) is 5.92 Å². The molecular formula is C33H32F6. The predicted octanol–water partition coefficient (Wildman–Crippen LogP) is 10.7. The summed E-state index contributed by atoms with van der Waals surface area (Å²) in [5.41, 5.74) is 0.642. The summed E-state index contributed by atoms with van der Waals surface area (Å²) >= 11 is 0. The third-order valence-electron chi connectivity index (χ3n) is 7.39. The van der Waals surface area contributed by atoms with Crippen LogP contribution >= 0.6 is 0 Å². The van der Waals surface area contributed by atoms with Crippen molar-refractivity contribution >= 4 is 6.08 Å². The van der Waals surface area contributed by atoms with E-state index in [1.807, 2.05) is 6.08 Å². The van der Waals surface area contributed by atoms with Gasteiger partial charge in [-0.1, -0.05) is 68.0 Å². The molecule has 39 heavy (non-hydrogen) atoms. The summed E-state index contributed by atoms with van der Waals surface area (Å²) in [6.07, 6.45) is 10.4. The van der Waals surface area contributed by atoms with Gasteiger partial charge in [0.2, 0.25) is 0 Å². The predicted molar refractivity (Wildman–Crippen MR) is 145 cm³/mol. The van der Waals surface area contributed by atoms with Crippen LogP contribution in [0.4, 0.5) is 26.3 Å². The van der Waals surface area contributed by atoms with Crippen LogP contribution in [0.1, 0.15) is 73.6 Å². The molecule has 1 saturated carbocycles. The molecule has 0 spiro atoms. The van der Waals surface area contributed by atoms with Gasteiger partial charge in [-0.2, -0.15) is 13.2 Å². The van der Waals surface area contributed by atoms with E-state index in [2.05, 4.69) is 43.3 Å². The molecule has 0 aliphatic heterocycles. The molecule has 1 fully saturated rings. The van der Waals surface area contributed by atoms with E-state index in [0.717, 1.165) is 63.1 Å². The molecule has 0 aromatic heterocycles. The molecule has 4 rings (SSSR count). The highest BCUT2D eigenvalue weighted by atomic mass is 19.4. The summed E-state index contributed by atoms with van der Waals surface area (Å²) in [5, 5.41) is 0.